The van der Waals surface area contributed by atoms with Crippen LogP contribution in [-0.4, -0.2) is 36.2 Å². The molecule has 1 rings (SSSR count). The maximum atomic E-state index is 11.5. The van der Waals surface area contributed by atoms with Crippen LogP contribution in [0.25, 0.3) is 0 Å². The first-order valence-corrected chi connectivity index (χ1v) is 6.01. The number of benzene rings is 1. The third-order valence-corrected chi connectivity index (χ3v) is 2.67. The minimum Gasteiger partial charge on any atom is -0.493 e. The van der Waals surface area contributed by atoms with E-state index >= 15 is 0 Å². The van der Waals surface area contributed by atoms with E-state index in [1.165, 1.54) is 20.1 Å². The summed E-state index contributed by atoms with van der Waals surface area (Å²) in [5, 5.41) is 10.7. The first-order valence-electron chi connectivity index (χ1n) is 5.64. The molecule has 0 aliphatic carbocycles. The van der Waals surface area contributed by atoms with E-state index in [0.29, 0.717) is 0 Å². The van der Waals surface area contributed by atoms with Gasteiger partial charge in [-0.3, -0.25) is 10.1 Å². The molecule has 4 N–H and O–H groups in total. The number of carbonyl (C=O) groups is 3. The fourth-order valence-corrected chi connectivity index (χ4v) is 1.67. The first kappa shape index (κ1) is 16.6. The molecule has 0 spiro atoms. The molecule has 0 aromatic heterocycles. The number of carboxylic acid groups (broad SMARTS) is 1. The van der Waals surface area contributed by atoms with Crippen LogP contribution in [0.2, 0.25) is 5.02 Å². The molecule has 0 heterocycles. The zero-order chi connectivity index (χ0) is 16.2. The number of aromatic carboxylic acids is 1. The lowest BCUT2D eigenvalue weighted by Gasteiger charge is -2.17. The first-order chi connectivity index (χ1) is 9.76. The number of carbonyl (C=O) groups excluding carboxylic acids is 2. The number of primary amides is 1. The minimum atomic E-state index is -1.19. The van der Waals surface area contributed by atoms with Crippen LogP contribution < -0.4 is 20.5 Å². The highest BCUT2D eigenvalue weighted by Crippen LogP contribution is 2.37. The van der Waals surface area contributed by atoms with Gasteiger partial charge in [-0.2, -0.15) is 0 Å². The van der Waals surface area contributed by atoms with Gasteiger partial charge in [-0.25, -0.2) is 9.59 Å². The molecule has 1 atom stereocenters. The second-order valence-electron chi connectivity index (χ2n) is 3.91. The largest absolute Gasteiger partial charge is 0.493 e. The monoisotopic (exact) mass is 316 g/mol. The Bertz CT molecular complexity index is 589. The van der Waals surface area contributed by atoms with Crippen molar-refractivity contribution in [3.8, 4) is 11.5 Å². The molecule has 0 saturated carbocycles. The number of methoxy groups -OCH3 is 1. The van der Waals surface area contributed by atoms with Crippen LogP contribution in [0.15, 0.2) is 12.1 Å². The highest BCUT2D eigenvalue weighted by molar-refractivity contribution is 6.32. The summed E-state index contributed by atoms with van der Waals surface area (Å²) in [4.78, 5) is 33.0. The molecule has 0 bridgehead atoms. The summed E-state index contributed by atoms with van der Waals surface area (Å²) in [5.41, 5.74) is 4.72. The zero-order valence-corrected chi connectivity index (χ0v) is 11.9. The number of ether oxygens (including phenoxy) is 2. The lowest BCUT2D eigenvalue weighted by Crippen LogP contribution is -2.42. The Morgan fingerprint density at radius 2 is 2.00 bits per heavy atom. The standard InChI is InChI=1S/C12H13ClN2O6/c1-5(10(16)15-12(14)19)21-9-7(13)3-6(11(17)18)4-8(9)20-2/h3-5H,1-2H3,(H,17,18)(H3,14,15,16,19). The van der Waals surface area contributed by atoms with Crippen LogP contribution in [0.1, 0.15) is 17.3 Å². The van der Waals surface area contributed by atoms with Crippen molar-refractivity contribution < 1.29 is 29.0 Å². The summed E-state index contributed by atoms with van der Waals surface area (Å²) in [5.74, 6) is -1.95. The van der Waals surface area contributed by atoms with E-state index in [1.807, 2.05) is 5.32 Å². The van der Waals surface area contributed by atoms with Crippen molar-refractivity contribution in [3.05, 3.63) is 22.7 Å². The summed E-state index contributed by atoms with van der Waals surface area (Å²) >= 11 is 5.92. The highest BCUT2D eigenvalue weighted by Gasteiger charge is 2.21. The molecular weight excluding hydrogens is 304 g/mol. The van der Waals surface area contributed by atoms with Gasteiger partial charge < -0.3 is 20.3 Å². The van der Waals surface area contributed by atoms with Gasteiger partial charge in [-0.05, 0) is 19.1 Å². The van der Waals surface area contributed by atoms with Gasteiger partial charge in [0.05, 0.1) is 17.7 Å². The average Bonchev–Trinajstić information content (AvgIpc) is 2.39. The van der Waals surface area contributed by atoms with Gasteiger partial charge in [0.1, 0.15) is 0 Å². The summed E-state index contributed by atoms with van der Waals surface area (Å²) in [7, 11) is 1.29. The van der Waals surface area contributed by atoms with E-state index in [2.05, 4.69) is 0 Å². The van der Waals surface area contributed by atoms with Gasteiger partial charge in [-0.15, -0.1) is 0 Å². The summed E-state index contributed by atoms with van der Waals surface area (Å²) in [6.45, 7) is 1.36. The number of nitrogens with two attached hydrogens (primary N) is 1. The van der Waals surface area contributed by atoms with Gasteiger partial charge in [-0.1, -0.05) is 11.6 Å². The number of halogens is 1. The molecule has 1 aromatic carbocycles. The van der Waals surface area contributed by atoms with Crippen molar-refractivity contribution in [1.29, 1.82) is 0 Å². The molecular formula is C12H13ClN2O6. The summed E-state index contributed by atoms with van der Waals surface area (Å²) in [6.07, 6.45) is -1.10. The Kier molecular flexibility index (Phi) is 5.37. The fourth-order valence-electron chi connectivity index (χ4n) is 1.41. The molecule has 114 valence electrons. The van der Waals surface area contributed by atoms with Crippen molar-refractivity contribution in [1.82, 2.24) is 5.32 Å². The predicted octanol–water partition coefficient (Wildman–Crippen LogP) is 1.01. The van der Waals surface area contributed by atoms with Crippen LogP contribution in [0, 0.1) is 0 Å². The Labute approximate surface area is 124 Å². The van der Waals surface area contributed by atoms with E-state index in [0.717, 1.165) is 6.07 Å². The second-order valence-corrected chi connectivity index (χ2v) is 4.32. The average molecular weight is 317 g/mol. The number of imide groups is 1. The topological polar surface area (TPSA) is 128 Å². The maximum absolute atomic E-state index is 11.5. The van der Waals surface area contributed by atoms with Crippen LogP contribution in [0.4, 0.5) is 4.79 Å². The lowest BCUT2D eigenvalue weighted by atomic mass is 10.2. The SMILES string of the molecule is COc1cc(C(=O)O)cc(Cl)c1OC(C)C(=O)NC(N)=O. The van der Waals surface area contributed by atoms with Crippen molar-refractivity contribution in [2.45, 2.75) is 13.0 Å². The third-order valence-electron chi connectivity index (χ3n) is 2.39. The number of carboxylic acids is 1. The molecule has 3 amide bonds. The van der Waals surface area contributed by atoms with Crippen molar-refractivity contribution in [2.24, 2.45) is 5.73 Å². The zero-order valence-electron chi connectivity index (χ0n) is 11.2. The number of hydrogen-bond donors (Lipinski definition) is 3. The van der Waals surface area contributed by atoms with Crippen molar-refractivity contribution >= 4 is 29.5 Å². The number of urea groups is 1. The molecule has 0 saturated heterocycles. The molecule has 0 aliphatic heterocycles. The third kappa shape index (κ3) is 4.25. The van der Waals surface area contributed by atoms with Gasteiger partial charge in [0, 0.05) is 0 Å². The Morgan fingerprint density at radius 1 is 1.38 bits per heavy atom. The van der Waals surface area contributed by atoms with Gasteiger partial charge in [0.15, 0.2) is 17.6 Å². The van der Waals surface area contributed by atoms with E-state index in [4.69, 9.17) is 31.9 Å². The molecule has 8 nitrogen and oxygen atoms in total. The number of amides is 3. The van der Waals surface area contributed by atoms with E-state index in [-0.39, 0.29) is 22.1 Å². The smallest absolute Gasteiger partial charge is 0.335 e. The normalized spacial score (nSPS) is 11.4. The van der Waals surface area contributed by atoms with E-state index < -0.39 is 24.0 Å². The summed E-state index contributed by atoms with van der Waals surface area (Å²) in [6, 6.07) is 1.33. The van der Waals surface area contributed by atoms with Gasteiger partial charge >= 0.3 is 12.0 Å². The van der Waals surface area contributed by atoms with Crippen LogP contribution in [0.5, 0.6) is 11.5 Å². The lowest BCUT2D eigenvalue weighted by molar-refractivity contribution is -0.126. The highest BCUT2D eigenvalue weighted by atomic mass is 35.5. The number of nitrogens with one attached hydrogen (secondary N) is 1. The number of hydrogen-bond acceptors (Lipinski definition) is 5. The molecule has 21 heavy (non-hydrogen) atoms. The molecule has 0 fully saturated rings. The van der Waals surface area contributed by atoms with Crippen molar-refractivity contribution in [2.75, 3.05) is 7.11 Å². The molecule has 0 aliphatic rings. The van der Waals surface area contributed by atoms with Gasteiger partial charge in [0.2, 0.25) is 0 Å². The Hall–Kier alpha value is -2.48. The van der Waals surface area contributed by atoms with Crippen LogP contribution in [0.3, 0.4) is 0 Å². The second kappa shape index (κ2) is 6.80. The molecule has 1 unspecified atom stereocenters. The Balaban J connectivity index is 3.05. The Morgan fingerprint density at radius 3 is 2.48 bits per heavy atom. The quantitative estimate of drug-likeness (QED) is 0.743. The minimum absolute atomic E-state index is 0.0173. The number of rotatable bonds is 5. The van der Waals surface area contributed by atoms with Crippen molar-refractivity contribution in [3.63, 3.8) is 0 Å². The molecule has 9 heteroatoms. The summed E-state index contributed by atoms with van der Waals surface area (Å²) < 4.78 is 10.3. The molecule has 0 radical (unpaired) electrons. The van der Waals surface area contributed by atoms with E-state index in [9.17, 15) is 14.4 Å². The van der Waals surface area contributed by atoms with E-state index in [1.54, 1.807) is 0 Å². The van der Waals surface area contributed by atoms with Crippen LogP contribution >= 0.6 is 11.6 Å². The van der Waals surface area contributed by atoms with Gasteiger partial charge in [0.25, 0.3) is 5.91 Å². The maximum Gasteiger partial charge on any atom is 0.335 e. The molecule has 1 aromatic rings. The van der Waals surface area contributed by atoms with Crippen LogP contribution in [-0.2, 0) is 4.79 Å². The fraction of sp³-hybridized carbons (Fsp3) is 0.250. The predicted molar refractivity (Wildman–Crippen MR) is 72.8 cm³/mol.